The Balaban J connectivity index is 1.75. The van der Waals surface area contributed by atoms with E-state index in [0.29, 0.717) is 12.1 Å². The highest BCUT2D eigenvalue weighted by atomic mass is 19.1. The SMILES string of the molecule is O=C1N(Cc2ccccc2)[C@@H](c2ccccc2)[C@]1(F)c1ccccc1. The molecule has 25 heavy (non-hydrogen) atoms. The van der Waals surface area contributed by atoms with Crippen molar-refractivity contribution in [1.82, 2.24) is 4.90 Å². The predicted molar refractivity (Wildman–Crippen MR) is 95.4 cm³/mol. The van der Waals surface area contributed by atoms with Crippen molar-refractivity contribution in [3.63, 3.8) is 0 Å². The number of β-lactam (4-membered cyclic amide) rings is 1. The first kappa shape index (κ1) is 15.6. The van der Waals surface area contributed by atoms with E-state index in [1.54, 1.807) is 29.2 Å². The molecular weight excluding hydrogens is 313 g/mol. The van der Waals surface area contributed by atoms with Crippen LogP contribution in [0.25, 0.3) is 0 Å². The molecule has 1 aliphatic heterocycles. The van der Waals surface area contributed by atoms with Crippen molar-refractivity contribution in [2.45, 2.75) is 18.3 Å². The molecule has 3 aromatic rings. The highest BCUT2D eigenvalue weighted by molar-refractivity contribution is 5.94. The summed E-state index contributed by atoms with van der Waals surface area (Å²) in [6, 6.07) is 27.2. The molecule has 0 N–H and O–H groups in total. The summed E-state index contributed by atoms with van der Waals surface area (Å²) in [5, 5.41) is 0. The number of nitrogens with zero attached hydrogens (tertiary/aromatic N) is 1. The van der Waals surface area contributed by atoms with E-state index >= 15 is 4.39 Å². The van der Waals surface area contributed by atoms with Gasteiger partial charge in [-0.05, 0) is 11.1 Å². The minimum absolute atomic E-state index is 0.401. The maximum atomic E-state index is 15.9. The van der Waals surface area contributed by atoms with Gasteiger partial charge in [0, 0.05) is 12.1 Å². The molecule has 1 aliphatic rings. The average molecular weight is 331 g/mol. The highest BCUT2D eigenvalue weighted by Crippen LogP contribution is 2.53. The molecule has 0 saturated carbocycles. The Morgan fingerprint density at radius 3 is 1.92 bits per heavy atom. The topological polar surface area (TPSA) is 20.3 Å². The van der Waals surface area contributed by atoms with Crippen LogP contribution in [0.1, 0.15) is 22.7 Å². The minimum atomic E-state index is -2.02. The molecule has 3 aromatic carbocycles. The number of carbonyl (C=O) groups is 1. The second-order valence-corrected chi connectivity index (χ2v) is 6.31. The summed E-state index contributed by atoms with van der Waals surface area (Å²) < 4.78 is 15.9. The van der Waals surface area contributed by atoms with Gasteiger partial charge in [-0.2, -0.15) is 0 Å². The van der Waals surface area contributed by atoms with Gasteiger partial charge in [-0.1, -0.05) is 91.0 Å². The van der Waals surface area contributed by atoms with Gasteiger partial charge in [0.2, 0.25) is 5.67 Å². The Kier molecular flexibility index (Phi) is 3.85. The van der Waals surface area contributed by atoms with Gasteiger partial charge in [0.05, 0.1) is 0 Å². The molecule has 1 amide bonds. The lowest BCUT2D eigenvalue weighted by molar-refractivity contribution is -0.181. The third-order valence-electron chi connectivity index (χ3n) is 4.77. The number of hydrogen-bond acceptors (Lipinski definition) is 1. The second kappa shape index (κ2) is 6.17. The van der Waals surface area contributed by atoms with Crippen molar-refractivity contribution in [2.24, 2.45) is 0 Å². The molecule has 0 radical (unpaired) electrons. The second-order valence-electron chi connectivity index (χ2n) is 6.31. The van der Waals surface area contributed by atoms with Gasteiger partial charge in [0.1, 0.15) is 6.04 Å². The lowest BCUT2D eigenvalue weighted by Crippen LogP contribution is -2.63. The van der Waals surface area contributed by atoms with Crippen LogP contribution in [0.4, 0.5) is 4.39 Å². The van der Waals surface area contributed by atoms with Crippen LogP contribution >= 0.6 is 0 Å². The number of likely N-dealkylation sites (tertiary alicyclic amines) is 1. The summed E-state index contributed by atoms with van der Waals surface area (Å²) in [5.41, 5.74) is 0.201. The van der Waals surface area contributed by atoms with Crippen LogP contribution < -0.4 is 0 Å². The zero-order chi connectivity index (χ0) is 17.3. The van der Waals surface area contributed by atoms with E-state index in [2.05, 4.69) is 0 Å². The number of amides is 1. The van der Waals surface area contributed by atoms with Gasteiger partial charge < -0.3 is 4.90 Å². The van der Waals surface area contributed by atoms with Gasteiger partial charge in [0.15, 0.2) is 0 Å². The van der Waals surface area contributed by atoms with Gasteiger partial charge in [-0.25, -0.2) is 4.39 Å². The summed E-state index contributed by atoms with van der Waals surface area (Å²) in [6.07, 6.45) is 0. The number of halogens is 1. The Bertz CT molecular complexity index is 866. The van der Waals surface area contributed by atoms with Gasteiger partial charge in [-0.3, -0.25) is 4.79 Å². The van der Waals surface area contributed by atoms with Crippen molar-refractivity contribution in [3.05, 3.63) is 108 Å². The molecule has 0 bridgehead atoms. The van der Waals surface area contributed by atoms with Crippen LogP contribution in [0.2, 0.25) is 0 Å². The standard InChI is InChI=1S/C22H18FNO/c23-22(19-14-8-3-9-15-19)20(18-12-6-2-7-13-18)24(21(22)25)16-17-10-4-1-5-11-17/h1-15,20H,16H2/t20-,22+/m0/s1. The predicted octanol–water partition coefficient (Wildman–Crippen LogP) is 4.64. The van der Waals surface area contributed by atoms with Gasteiger partial charge >= 0.3 is 0 Å². The number of rotatable bonds is 4. The molecule has 1 saturated heterocycles. The first-order valence-electron chi connectivity index (χ1n) is 8.35. The summed E-state index contributed by atoms with van der Waals surface area (Å²) >= 11 is 0. The molecule has 124 valence electrons. The highest BCUT2D eigenvalue weighted by Gasteiger charge is 2.63. The van der Waals surface area contributed by atoms with E-state index in [4.69, 9.17) is 0 Å². The molecule has 0 spiro atoms. The summed E-state index contributed by atoms with van der Waals surface area (Å²) in [4.78, 5) is 14.4. The van der Waals surface area contributed by atoms with E-state index in [-0.39, 0.29) is 0 Å². The molecule has 1 fully saturated rings. The summed E-state index contributed by atoms with van der Waals surface area (Å²) in [7, 11) is 0. The molecule has 2 atom stereocenters. The Morgan fingerprint density at radius 1 is 0.800 bits per heavy atom. The minimum Gasteiger partial charge on any atom is -0.324 e. The van der Waals surface area contributed by atoms with Crippen molar-refractivity contribution < 1.29 is 9.18 Å². The zero-order valence-electron chi connectivity index (χ0n) is 13.7. The normalized spacial score (nSPS) is 22.5. The van der Waals surface area contributed by atoms with Gasteiger partial charge in [-0.15, -0.1) is 0 Å². The number of hydrogen-bond donors (Lipinski definition) is 0. The van der Waals surface area contributed by atoms with Crippen LogP contribution in [0.3, 0.4) is 0 Å². The quantitative estimate of drug-likeness (QED) is 0.638. The molecule has 0 aliphatic carbocycles. The largest absolute Gasteiger partial charge is 0.324 e. The third-order valence-corrected chi connectivity index (χ3v) is 4.77. The number of alkyl halides is 1. The van der Waals surface area contributed by atoms with E-state index < -0.39 is 17.6 Å². The van der Waals surface area contributed by atoms with Crippen molar-refractivity contribution in [3.8, 4) is 0 Å². The number of carbonyl (C=O) groups excluding carboxylic acids is 1. The van der Waals surface area contributed by atoms with E-state index in [1.165, 1.54) is 0 Å². The third kappa shape index (κ3) is 2.52. The molecule has 0 unspecified atom stereocenters. The zero-order valence-corrected chi connectivity index (χ0v) is 13.7. The molecular formula is C22H18FNO. The summed E-state index contributed by atoms with van der Waals surface area (Å²) in [5.74, 6) is -0.476. The smallest absolute Gasteiger partial charge is 0.268 e. The lowest BCUT2D eigenvalue weighted by atomic mass is 9.74. The van der Waals surface area contributed by atoms with Gasteiger partial charge in [0.25, 0.3) is 5.91 Å². The first-order chi connectivity index (χ1) is 12.2. The van der Waals surface area contributed by atoms with Crippen LogP contribution in [0.5, 0.6) is 0 Å². The van der Waals surface area contributed by atoms with Crippen molar-refractivity contribution in [1.29, 1.82) is 0 Å². The Morgan fingerprint density at radius 2 is 1.32 bits per heavy atom. The average Bonchev–Trinajstić information content (AvgIpc) is 2.69. The lowest BCUT2D eigenvalue weighted by Gasteiger charge is -2.51. The summed E-state index contributed by atoms with van der Waals surface area (Å²) in [6.45, 7) is 0.401. The van der Waals surface area contributed by atoms with Crippen LogP contribution in [-0.4, -0.2) is 10.8 Å². The van der Waals surface area contributed by atoms with Crippen molar-refractivity contribution in [2.75, 3.05) is 0 Å². The van der Waals surface area contributed by atoms with Crippen LogP contribution in [0.15, 0.2) is 91.0 Å². The van der Waals surface area contributed by atoms with E-state index in [9.17, 15) is 4.79 Å². The Hall–Kier alpha value is -2.94. The fourth-order valence-electron chi connectivity index (χ4n) is 3.54. The molecule has 3 heteroatoms. The maximum Gasteiger partial charge on any atom is 0.268 e. The maximum absolute atomic E-state index is 15.9. The fourth-order valence-corrected chi connectivity index (χ4v) is 3.54. The Labute approximate surface area is 146 Å². The van der Waals surface area contributed by atoms with E-state index in [1.807, 2.05) is 66.7 Å². The molecule has 1 heterocycles. The first-order valence-corrected chi connectivity index (χ1v) is 8.35. The van der Waals surface area contributed by atoms with Crippen LogP contribution in [-0.2, 0) is 17.0 Å². The number of benzene rings is 3. The molecule has 4 rings (SSSR count). The van der Waals surface area contributed by atoms with E-state index in [0.717, 1.165) is 11.1 Å². The molecule has 0 aromatic heterocycles. The monoisotopic (exact) mass is 331 g/mol. The fraction of sp³-hybridized carbons (Fsp3) is 0.136. The molecule has 2 nitrogen and oxygen atoms in total. The van der Waals surface area contributed by atoms with Crippen molar-refractivity contribution >= 4 is 5.91 Å². The van der Waals surface area contributed by atoms with Crippen LogP contribution in [0, 0.1) is 0 Å².